The second kappa shape index (κ2) is 4.20. The van der Waals surface area contributed by atoms with Crippen molar-refractivity contribution >= 4 is 12.2 Å². The molecule has 1 aromatic carbocycles. The van der Waals surface area contributed by atoms with E-state index in [0.717, 1.165) is 11.1 Å². The van der Waals surface area contributed by atoms with Gasteiger partial charge in [-0.05, 0) is 23.3 Å². The van der Waals surface area contributed by atoms with Crippen molar-refractivity contribution in [3.05, 3.63) is 60.0 Å². The molecule has 0 aliphatic carbocycles. The monoisotopic (exact) mass is 154 g/mol. The molecule has 0 amide bonds. The van der Waals surface area contributed by atoms with Gasteiger partial charge in [0.1, 0.15) is 0 Å². The summed E-state index contributed by atoms with van der Waals surface area (Å²) >= 11 is 0. The van der Waals surface area contributed by atoms with E-state index in [1.54, 1.807) is 0 Å². The molecular formula is C12H10. The molecule has 0 heterocycles. The number of hydrogen-bond acceptors (Lipinski definition) is 0. The maximum absolute atomic E-state index is 3.50. The lowest BCUT2D eigenvalue weighted by atomic mass is 10.1. The van der Waals surface area contributed by atoms with Crippen LogP contribution >= 0.6 is 0 Å². The van der Waals surface area contributed by atoms with Gasteiger partial charge in [-0.15, -0.1) is 11.5 Å². The summed E-state index contributed by atoms with van der Waals surface area (Å²) in [5, 5.41) is 0. The van der Waals surface area contributed by atoms with Crippen molar-refractivity contribution < 1.29 is 0 Å². The second-order valence-corrected chi connectivity index (χ2v) is 2.36. The Hall–Kier alpha value is -1.74. The van der Waals surface area contributed by atoms with E-state index in [1.807, 2.05) is 36.4 Å². The van der Waals surface area contributed by atoms with Gasteiger partial charge in [-0.3, -0.25) is 0 Å². The van der Waals surface area contributed by atoms with Crippen molar-refractivity contribution in [1.29, 1.82) is 0 Å². The van der Waals surface area contributed by atoms with Crippen LogP contribution in [0.4, 0.5) is 0 Å². The van der Waals surface area contributed by atoms with Crippen molar-refractivity contribution in [3.63, 3.8) is 0 Å². The number of rotatable bonds is 2. The van der Waals surface area contributed by atoms with Crippen LogP contribution < -0.4 is 0 Å². The molecule has 0 saturated carbocycles. The van der Waals surface area contributed by atoms with E-state index >= 15 is 0 Å². The Morgan fingerprint density at radius 2 is 1.17 bits per heavy atom. The van der Waals surface area contributed by atoms with Crippen LogP contribution in [0.2, 0.25) is 0 Å². The summed E-state index contributed by atoms with van der Waals surface area (Å²) in [6, 6.07) is 8.01. The molecule has 0 nitrogen and oxygen atoms in total. The van der Waals surface area contributed by atoms with E-state index in [4.69, 9.17) is 0 Å². The molecule has 0 N–H and O–H groups in total. The third-order valence-electron chi connectivity index (χ3n) is 1.47. The molecule has 1 rings (SSSR count). The zero-order valence-electron chi connectivity index (χ0n) is 6.88. The first kappa shape index (κ1) is 8.36. The highest BCUT2D eigenvalue weighted by atomic mass is 13.9. The van der Waals surface area contributed by atoms with E-state index in [9.17, 15) is 0 Å². The van der Waals surface area contributed by atoms with Crippen LogP contribution in [0, 0.1) is 0 Å². The largest absolute Gasteiger partial charge is 0.128 e. The minimum atomic E-state index is 1.10. The maximum Gasteiger partial charge on any atom is -0.0133 e. The highest BCUT2D eigenvalue weighted by Gasteiger charge is 1.85. The molecule has 0 fully saturated rings. The van der Waals surface area contributed by atoms with Crippen molar-refractivity contribution in [1.82, 2.24) is 0 Å². The zero-order chi connectivity index (χ0) is 8.81. The number of hydrogen-bond donors (Lipinski definition) is 0. The zero-order valence-corrected chi connectivity index (χ0v) is 6.88. The Bertz CT molecular complexity index is 305. The molecule has 1 aromatic rings. The van der Waals surface area contributed by atoms with Crippen LogP contribution in [-0.2, 0) is 0 Å². The van der Waals surface area contributed by atoms with Crippen molar-refractivity contribution in [2.75, 3.05) is 0 Å². The highest BCUT2D eigenvalue weighted by molar-refractivity contribution is 5.54. The minimum Gasteiger partial charge on any atom is -0.128 e. The molecule has 0 saturated heterocycles. The fourth-order valence-electron chi connectivity index (χ4n) is 0.924. The maximum atomic E-state index is 3.50. The lowest BCUT2D eigenvalue weighted by Gasteiger charge is -1.92. The Kier molecular flexibility index (Phi) is 2.93. The third kappa shape index (κ3) is 2.14. The van der Waals surface area contributed by atoms with Crippen molar-refractivity contribution in [2.24, 2.45) is 0 Å². The lowest BCUT2D eigenvalue weighted by molar-refractivity contribution is 1.62. The highest BCUT2D eigenvalue weighted by Crippen LogP contribution is 2.06. The van der Waals surface area contributed by atoms with Gasteiger partial charge in [0, 0.05) is 0 Å². The van der Waals surface area contributed by atoms with Crippen LogP contribution in [0.1, 0.15) is 11.1 Å². The first-order chi connectivity index (χ1) is 5.86. The molecular weight excluding hydrogens is 144 g/mol. The molecule has 0 heteroatoms. The Morgan fingerprint density at radius 3 is 1.42 bits per heavy atom. The molecule has 0 spiro atoms. The van der Waals surface area contributed by atoms with E-state index < -0.39 is 0 Å². The molecule has 58 valence electrons. The van der Waals surface area contributed by atoms with Gasteiger partial charge in [-0.1, -0.05) is 37.4 Å². The third-order valence-corrected chi connectivity index (χ3v) is 1.47. The molecule has 0 radical (unpaired) electrons. The standard InChI is InChI=1S/C12H10/c1-3-5-11-7-9-12(6-4-2)10-8-11/h5-10H,1-2H2. The average molecular weight is 154 g/mol. The fraction of sp³-hybridized carbons (Fsp3) is 0. The van der Waals surface area contributed by atoms with Gasteiger partial charge < -0.3 is 0 Å². The van der Waals surface area contributed by atoms with Crippen molar-refractivity contribution in [3.8, 4) is 0 Å². The quantitative estimate of drug-likeness (QED) is 0.573. The van der Waals surface area contributed by atoms with Crippen LogP contribution in [0.3, 0.4) is 0 Å². The smallest absolute Gasteiger partial charge is 0.0133 e. The lowest BCUT2D eigenvalue weighted by Crippen LogP contribution is -1.72. The SMILES string of the molecule is C=C=Cc1ccc(C=C=C)cc1. The topological polar surface area (TPSA) is 0 Å². The van der Waals surface area contributed by atoms with Gasteiger partial charge in [0.2, 0.25) is 0 Å². The second-order valence-electron chi connectivity index (χ2n) is 2.36. The van der Waals surface area contributed by atoms with E-state index in [-0.39, 0.29) is 0 Å². The summed E-state index contributed by atoms with van der Waals surface area (Å²) in [4.78, 5) is 0. The van der Waals surface area contributed by atoms with Gasteiger partial charge in [0.05, 0.1) is 0 Å². The first-order valence-electron chi connectivity index (χ1n) is 3.68. The summed E-state index contributed by atoms with van der Waals surface area (Å²) < 4.78 is 0. The van der Waals surface area contributed by atoms with E-state index in [2.05, 4.69) is 24.6 Å². The van der Waals surface area contributed by atoms with Gasteiger partial charge in [0.15, 0.2) is 0 Å². The molecule has 0 aliphatic heterocycles. The molecule has 12 heavy (non-hydrogen) atoms. The van der Waals surface area contributed by atoms with Gasteiger partial charge in [-0.2, -0.15) is 0 Å². The van der Waals surface area contributed by atoms with Crippen LogP contribution in [0.25, 0.3) is 12.2 Å². The summed E-state index contributed by atoms with van der Waals surface area (Å²) in [5.74, 6) is 0. The molecule has 0 aliphatic rings. The summed E-state index contributed by atoms with van der Waals surface area (Å²) in [7, 11) is 0. The van der Waals surface area contributed by atoms with Crippen LogP contribution in [-0.4, -0.2) is 0 Å². The van der Waals surface area contributed by atoms with E-state index in [1.165, 1.54) is 0 Å². The predicted octanol–water partition coefficient (Wildman–Crippen LogP) is 3.28. The Morgan fingerprint density at radius 1 is 0.833 bits per heavy atom. The van der Waals surface area contributed by atoms with Gasteiger partial charge >= 0.3 is 0 Å². The summed E-state index contributed by atoms with van der Waals surface area (Å²) in [6.07, 6.45) is 3.67. The Balaban J connectivity index is 2.99. The normalized spacial score (nSPS) is 8.00. The first-order valence-corrected chi connectivity index (χ1v) is 3.68. The number of benzene rings is 1. The molecule has 0 bridgehead atoms. The predicted molar refractivity (Wildman–Crippen MR) is 53.7 cm³/mol. The van der Waals surface area contributed by atoms with Gasteiger partial charge in [0.25, 0.3) is 0 Å². The Labute approximate surface area is 72.9 Å². The van der Waals surface area contributed by atoms with E-state index in [0.29, 0.717) is 0 Å². The van der Waals surface area contributed by atoms with Crippen molar-refractivity contribution in [2.45, 2.75) is 0 Å². The van der Waals surface area contributed by atoms with Crippen LogP contribution in [0.5, 0.6) is 0 Å². The van der Waals surface area contributed by atoms with Crippen LogP contribution in [0.15, 0.2) is 48.9 Å². The molecule has 0 unspecified atom stereocenters. The van der Waals surface area contributed by atoms with Gasteiger partial charge in [-0.25, -0.2) is 0 Å². The summed E-state index contributed by atoms with van der Waals surface area (Å²) in [5.41, 5.74) is 7.65. The molecule has 0 atom stereocenters. The minimum absolute atomic E-state index is 1.10. The molecule has 0 aromatic heterocycles. The average Bonchev–Trinajstić information content (AvgIpc) is 2.09. The fourth-order valence-corrected chi connectivity index (χ4v) is 0.924. The summed E-state index contributed by atoms with van der Waals surface area (Å²) in [6.45, 7) is 7.01.